The van der Waals surface area contributed by atoms with E-state index in [0.717, 1.165) is 15.6 Å². The number of nitrogens with one attached hydrogen (secondary N) is 1. The van der Waals surface area contributed by atoms with Crippen molar-refractivity contribution in [2.45, 2.75) is 44.6 Å². The number of hydrogen-bond donors (Lipinski definition) is 1. The molecule has 168 valence electrons. The second kappa shape index (κ2) is 10.6. The predicted octanol–water partition coefficient (Wildman–Crippen LogP) is 4.15. The van der Waals surface area contributed by atoms with E-state index in [2.05, 4.69) is 5.32 Å². The molecule has 0 unspecified atom stereocenters. The predicted molar refractivity (Wildman–Crippen MR) is 122 cm³/mol. The van der Waals surface area contributed by atoms with E-state index < -0.39 is 0 Å². The molecule has 1 saturated carbocycles. The number of hydrogen-bond acceptors (Lipinski definition) is 5. The topological polar surface area (TPSA) is 67.9 Å². The van der Waals surface area contributed by atoms with Gasteiger partial charge in [0.25, 0.3) is 5.91 Å². The molecule has 2 aliphatic rings. The fourth-order valence-electron chi connectivity index (χ4n) is 4.72. The number of thiophene rings is 1. The van der Waals surface area contributed by atoms with Crippen molar-refractivity contribution in [1.82, 2.24) is 10.2 Å². The Kier molecular flexibility index (Phi) is 7.58. The van der Waals surface area contributed by atoms with Gasteiger partial charge in [0.05, 0.1) is 24.6 Å². The summed E-state index contributed by atoms with van der Waals surface area (Å²) in [5.41, 5.74) is 0.908. The summed E-state index contributed by atoms with van der Waals surface area (Å²) in [5.74, 6) is 0.639. The van der Waals surface area contributed by atoms with Crippen LogP contribution in [0.2, 0.25) is 0 Å². The Bertz CT molecular complexity index is 906. The number of morpholine rings is 1. The van der Waals surface area contributed by atoms with E-state index in [1.165, 1.54) is 43.4 Å². The standard InChI is InChI=1S/C24H32N2O4S/c1-29-13-11-25-24(28)23-22(18-9-5-6-10-20(18)31-23)19-16-26(12-14-30-19)21(27)15-17-7-3-2-4-8-17/h5-6,9-10,17,19H,2-4,7-8,11-16H2,1H3,(H,25,28)/t19-/m0/s1. The van der Waals surface area contributed by atoms with E-state index in [1.54, 1.807) is 7.11 Å². The first-order valence-corrected chi connectivity index (χ1v) is 12.2. The lowest BCUT2D eigenvalue weighted by Gasteiger charge is -2.34. The molecule has 6 nitrogen and oxygen atoms in total. The minimum Gasteiger partial charge on any atom is -0.383 e. The number of rotatable bonds is 7. The summed E-state index contributed by atoms with van der Waals surface area (Å²) in [6.07, 6.45) is 6.47. The van der Waals surface area contributed by atoms with Crippen LogP contribution in [0.15, 0.2) is 24.3 Å². The fourth-order valence-corrected chi connectivity index (χ4v) is 5.89. The van der Waals surface area contributed by atoms with E-state index in [0.29, 0.717) is 50.1 Å². The van der Waals surface area contributed by atoms with Crippen molar-refractivity contribution in [2.75, 3.05) is 40.0 Å². The van der Waals surface area contributed by atoms with Crippen LogP contribution >= 0.6 is 11.3 Å². The lowest BCUT2D eigenvalue weighted by molar-refractivity contribution is -0.140. The molecule has 0 bridgehead atoms. The molecule has 1 aromatic heterocycles. The Hall–Kier alpha value is -1.96. The Morgan fingerprint density at radius 1 is 1.23 bits per heavy atom. The van der Waals surface area contributed by atoms with E-state index in [4.69, 9.17) is 9.47 Å². The number of ether oxygens (including phenoxy) is 2. The van der Waals surface area contributed by atoms with Gasteiger partial charge < -0.3 is 19.7 Å². The summed E-state index contributed by atoms with van der Waals surface area (Å²) >= 11 is 1.49. The highest BCUT2D eigenvalue weighted by Crippen LogP contribution is 2.38. The van der Waals surface area contributed by atoms with Gasteiger partial charge in [0.1, 0.15) is 6.10 Å². The van der Waals surface area contributed by atoms with Crippen LogP contribution in [-0.2, 0) is 14.3 Å². The normalized spacial score (nSPS) is 20.2. The van der Waals surface area contributed by atoms with Crippen molar-refractivity contribution >= 4 is 33.2 Å². The number of carbonyl (C=O) groups excluding carboxylic acids is 2. The fraction of sp³-hybridized carbons (Fsp3) is 0.583. The second-order valence-corrected chi connectivity index (χ2v) is 9.55. The molecule has 2 heterocycles. The van der Waals surface area contributed by atoms with Crippen molar-refractivity contribution in [3.05, 3.63) is 34.7 Å². The van der Waals surface area contributed by atoms with Crippen LogP contribution in [-0.4, -0.2) is 56.7 Å². The van der Waals surface area contributed by atoms with Gasteiger partial charge in [0.15, 0.2) is 0 Å². The van der Waals surface area contributed by atoms with Crippen LogP contribution in [0.1, 0.15) is 59.9 Å². The van der Waals surface area contributed by atoms with E-state index >= 15 is 0 Å². The van der Waals surface area contributed by atoms with E-state index in [-0.39, 0.29) is 17.9 Å². The van der Waals surface area contributed by atoms with Crippen molar-refractivity contribution in [3.63, 3.8) is 0 Å². The van der Waals surface area contributed by atoms with Gasteiger partial charge in [-0.1, -0.05) is 37.5 Å². The molecule has 31 heavy (non-hydrogen) atoms. The Morgan fingerprint density at radius 3 is 2.84 bits per heavy atom. The number of benzene rings is 1. The van der Waals surface area contributed by atoms with Gasteiger partial charge in [-0.15, -0.1) is 11.3 Å². The summed E-state index contributed by atoms with van der Waals surface area (Å²) in [6.45, 7) is 2.55. The Morgan fingerprint density at radius 2 is 2.03 bits per heavy atom. The highest BCUT2D eigenvalue weighted by molar-refractivity contribution is 7.21. The van der Waals surface area contributed by atoms with Crippen LogP contribution in [0.4, 0.5) is 0 Å². The highest BCUT2D eigenvalue weighted by Gasteiger charge is 2.32. The van der Waals surface area contributed by atoms with Gasteiger partial charge >= 0.3 is 0 Å². The molecule has 0 spiro atoms. The molecule has 0 radical (unpaired) electrons. The number of carbonyl (C=O) groups is 2. The second-order valence-electron chi connectivity index (χ2n) is 8.50. The number of amides is 2. The molecule has 2 fully saturated rings. The van der Waals surface area contributed by atoms with Crippen LogP contribution < -0.4 is 5.32 Å². The van der Waals surface area contributed by atoms with Crippen molar-refractivity contribution in [2.24, 2.45) is 5.92 Å². The largest absolute Gasteiger partial charge is 0.383 e. The maximum atomic E-state index is 13.0. The summed E-state index contributed by atoms with van der Waals surface area (Å²) < 4.78 is 12.2. The van der Waals surface area contributed by atoms with Gasteiger partial charge in [-0.25, -0.2) is 0 Å². The zero-order valence-corrected chi connectivity index (χ0v) is 19.0. The van der Waals surface area contributed by atoms with Crippen molar-refractivity contribution < 1.29 is 19.1 Å². The molecular weight excluding hydrogens is 412 g/mol. The highest BCUT2D eigenvalue weighted by atomic mass is 32.1. The summed E-state index contributed by atoms with van der Waals surface area (Å²) in [4.78, 5) is 28.6. The van der Waals surface area contributed by atoms with E-state index in [1.807, 2.05) is 29.2 Å². The molecule has 1 N–H and O–H groups in total. The van der Waals surface area contributed by atoms with Crippen LogP contribution in [0.3, 0.4) is 0 Å². The number of fused-ring (bicyclic) bond motifs is 1. The quantitative estimate of drug-likeness (QED) is 0.652. The molecule has 1 saturated heterocycles. The van der Waals surface area contributed by atoms with Gasteiger partial charge in [0, 0.05) is 36.9 Å². The maximum Gasteiger partial charge on any atom is 0.261 e. The first-order chi connectivity index (χ1) is 15.2. The van der Waals surface area contributed by atoms with Gasteiger partial charge in [-0.3, -0.25) is 9.59 Å². The van der Waals surface area contributed by atoms with Gasteiger partial charge in [0.2, 0.25) is 5.91 Å². The number of nitrogens with zero attached hydrogens (tertiary/aromatic N) is 1. The van der Waals surface area contributed by atoms with Crippen molar-refractivity contribution in [3.8, 4) is 0 Å². The molecule has 2 amide bonds. The lowest BCUT2D eigenvalue weighted by atomic mass is 9.86. The average molecular weight is 445 g/mol. The third-order valence-electron chi connectivity index (χ3n) is 6.36. The summed E-state index contributed by atoms with van der Waals surface area (Å²) in [5, 5.41) is 3.98. The minimum atomic E-state index is -0.289. The molecular formula is C24H32N2O4S. The molecule has 1 aromatic carbocycles. The zero-order valence-electron chi connectivity index (χ0n) is 18.2. The Labute approximate surface area is 187 Å². The SMILES string of the molecule is COCCNC(=O)c1sc2ccccc2c1[C@@H]1CN(C(=O)CC2CCCCC2)CCO1. The molecule has 1 aliphatic carbocycles. The Balaban J connectivity index is 1.53. The first-order valence-electron chi connectivity index (χ1n) is 11.3. The minimum absolute atomic E-state index is 0.109. The number of methoxy groups -OCH3 is 1. The average Bonchev–Trinajstić information content (AvgIpc) is 3.20. The van der Waals surface area contributed by atoms with Crippen LogP contribution in [0.25, 0.3) is 10.1 Å². The van der Waals surface area contributed by atoms with Crippen molar-refractivity contribution in [1.29, 1.82) is 0 Å². The monoisotopic (exact) mass is 444 g/mol. The lowest BCUT2D eigenvalue weighted by Crippen LogP contribution is -2.43. The third-order valence-corrected chi connectivity index (χ3v) is 7.55. The summed E-state index contributed by atoms with van der Waals surface area (Å²) in [7, 11) is 1.62. The smallest absolute Gasteiger partial charge is 0.261 e. The molecule has 7 heteroatoms. The summed E-state index contributed by atoms with van der Waals surface area (Å²) in [6, 6.07) is 8.04. The van der Waals surface area contributed by atoms with Gasteiger partial charge in [-0.2, -0.15) is 0 Å². The molecule has 2 aromatic rings. The van der Waals surface area contributed by atoms with E-state index in [9.17, 15) is 9.59 Å². The zero-order chi connectivity index (χ0) is 21.6. The van der Waals surface area contributed by atoms with Gasteiger partial charge in [-0.05, 0) is 30.2 Å². The third kappa shape index (κ3) is 5.27. The molecule has 4 rings (SSSR count). The van der Waals surface area contributed by atoms with Crippen LogP contribution in [0, 0.1) is 5.92 Å². The molecule has 1 atom stereocenters. The molecule has 1 aliphatic heterocycles. The maximum absolute atomic E-state index is 13.0. The van der Waals surface area contributed by atoms with Crippen LogP contribution in [0.5, 0.6) is 0 Å². The first kappa shape index (κ1) is 22.2.